The smallest absolute Gasteiger partial charge is 0.300 e. The molecule has 12 nitrogen and oxygen atoms in total. The van der Waals surface area contributed by atoms with E-state index >= 15 is 0 Å². The van der Waals surface area contributed by atoms with Crippen molar-refractivity contribution in [1.29, 1.82) is 0 Å². The molecule has 0 aliphatic heterocycles. The summed E-state index contributed by atoms with van der Waals surface area (Å²) in [5.74, 6) is 1.33. The Kier molecular flexibility index (Phi) is 10.4. The lowest BCUT2D eigenvalue weighted by molar-refractivity contribution is -0.393. The first-order chi connectivity index (χ1) is 17.5. The van der Waals surface area contributed by atoms with Crippen LogP contribution in [0.5, 0.6) is 11.6 Å². The number of sulfone groups is 1. The topological polar surface area (TPSA) is 159 Å². The van der Waals surface area contributed by atoms with E-state index in [0.29, 0.717) is 31.8 Å². The van der Waals surface area contributed by atoms with E-state index in [0.717, 1.165) is 29.7 Å². The summed E-state index contributed by atoms with van der Waals surface area (Å²) in [4.78, 5) is 22.3. The lowest BCUT2D eigenvalue weighted by atomic mass is 10.2. The van der Waals surface area contributed by atoms with Crippen LogP contribution in [0.2, 0.25) is 0 Å². The minimum atomic E-state index is -3.81. The normalized spacial score (nSPS) is 10.7. The minimum Gasteiger partial charge on any atom is -0.437 e. The predicted octanol–water partition coefficient (Wildman–Crippen LogP) is 5.11. The van der Waals surface area contributed by atoms with Crippen LogP contribution in [0.4, 0.5) is 17.1 Å². The molecule has 0 fully saturated rings. The Balaban J connectivity index is 0.000000291. The number of anilines is 1. The molecular weight excluding hydrogens is 502 g/mol. The monoisotopic (exact) mass is 531 g/mol. The molecule has 0 aliphatic carbocycles. The van der Waals surface area contributed by atoms with Crippen LogP contribution in [-0.2, 0) is 9.84 Å². The summed E-state index contributed by atoms with van der Waals surface area (Å²) in [6.45, 7) is 6.49. The summed E-state index contributed by atoms with van der Waals surface area (Å²) in [6.07, 6.45) is 3.75. The van der Waals surface area contributed by atoms with Gasteiger partial charge < -0.3 is 9.64 Å². The van der Waals surface area contributed by atoms with Crippen molar-refractivity contribution in [1.82, 2.24) is 10.2 Å². The molecule has 1 aromatic heterocycles. The van der Waals surface area contributed by atoms with Gasteiger partial charge in [0.15, 0.2) is 15.5 Å². The number of rotatable bonds is 10. The molecule has 0 saturated heterocycles. The van der Waals surface area contributed by atoms with Crippen LogP contribution >= 0.6 is 0 Å². The Labute approximate surface area is 215 Å². The summed E-state index contributed by atoms with van der Waals surface area (Å²) in [6, 6.07) is 13.1. The SMILES string of the molecule is CCCN(CCC)c1c([N+](=O)[O-])cc(S(C)(=O)=O)cc1[N+](=O)[O-].Cc1ccccc1Oc1cccnn1. The molecule has 3 aromatic rings. The van der Waals surface area contributed by atoms with Crippen LogP contribution in [0.25, 0.3) is 0 Å². The van der Waals surface area contributed by atoms with E-state index in [1.54, 1.807) is 23.2 Å². The molecule has 3 rings (SSSR count). The molecule has 0 saturated carbocycles. The van der Waals surface area contributed by atoms with E-state index in [1.807, 2.05) is 45.0 Å². The quantitative estimate of drug-likeness (QED) is 0.254. The summed E-state index contributed by atoms with van der Waals surface area (Å²) < 4.78 is 28.8. The Bertz CT molecular complexity index is 1290. The van der Waals surface area contributed by atoms with Crippen molar-refractivity contribution in [2.24, 2.45) is 0 Å². The van der Waals surface area contributed by atoms with E-state index in [2.05, 4.69) is 10.2 Å². The number of aryl methyl sites for hydroxylation is 1. The van der Waals surface area contributed by atoms with E-state index in [9.17, 15) is 28.6 Å². The van der Waals surface area contributed by atoms with Crippen molar-refractivity contribution in [2.45, 2.75) is 38.5 Å². The molecule has 0 spiro atoms. The third-order valence-electron chi connectivity index (χ3n) is 5.02. The lowest BCUT2D eigenvalue weighted by Gasteiger charge is -2.23. The van der Waals surface area contributed by atoms with Crippen molar-refractivity contribution < 1.29 is 23.0 Å². The second-order valence-corrected chi connectivity index (χ2v) is 10.0. The fourth-order valence-electron chi connectivity index (χ4n) is 3.40. The van der Waals surface area contributed by atoms with Crippen LogP contribution in [0.15, 0.2) is 59.6 Å². The highest BCUT2D eigenvalue weighted by Gasteiger charge is 2.32. The molecule has 1 heterocycles. The zero-order valence-electron chi connectivity index (χ0n) is 21.0. The Hall–Kier alpha value is -4.13. The van der Waals surface area contributed by atoms with Gasteiger partial charge >= 0.3 is 11.4 Å². The Morgan fingerprint density at radius 1 is 0.946 bits per heavy atom. The maximum absolute atomic E-state index is 11.7. The highest BCUT2D eigenvalue weighted by molar-refractivity contribution is 7.90. The van der Waals surface area contributed by atoms with Gasteiger partial charge in [-0.3, -0.25) is 20.2 Å². The predicted molar refractivity (Wildman–Crippen MR) is 139 cm³/mol. The molecule has 2 aromatic carbocycles. The number of ether oxygens (including phenoxy) is 1. The zero-order valence-corrected chi connectivity index (χ0v) is 21.8. The molecular formula is C24H29N5O7S. The van der Waals surface area contributed by atoms with Crippen molar-refractivity contribution >= 4 is 26.9 Å². The summed E-state index contributed by atoms with van der Waals surface area (Å²) in [5.41, 5.74) is -0.197. The van der Waals surface area contributed by atoms with Gasteiger partial charge in [0.1, 0.15) is 5.75 Å². The van der Waals surface area contributed by atoms with Gasteiger partial charge in [-0.2, -0.15) is 5.10 Å². The number of nitro groups is 2. The zero-order chi connectivity index (χ0) is 27.6. The number of nitrogens with zero attached hydrogens (tertiary/aromatic N) is 5. The number of nitro benzene ring substituents is 2. The number of para-hydroxylation sites is 1. The van der Waals surface area contributed by atoms with Crippen molar-refractivity contribution in [3.63, 3.8) is 0 Å². The Morgan fingerprint density at radius 2 is 1.51 bits per heavy atom. The second kappa shape index (κ2) is 13.3. The molecule has 198 valence electrons. The molecule has 0 bridgehead atoms. The van der Waals surface area contributed by atoms with Crippen LogP contribution < -0.4 is 9.64 Å². The molecule has 0 aliphatic rings. The summed E-state index contributed by atoms with van der Waals surface area (Å²) >= 11 is 0. The van der Waals surface area contributed by atoms with Crippen LogP contribution in [0.1, 0.15) is 32.3 Å². The van der Waals surface area contributed by atoms with E-state index in [1.165, 1.54) is 0 Å². The first-order valence-electron chi connectivity index (χ1n) is 11.4. The largest absolute Gasteiger partial charge is 0.437 e. The number of hydrogen-bond donors (Lipinski definition) is 0. The molecule has 0 unspecified atom stereocenters. The molecule has 13 heteroatoms. The van der Waals surface area contributed by atoms with Gasteiger partial charge in [-0.1, -0.05) is 32.0 Å². The summed E-state index contributed by atoms with van der Waals surface area (Å²) in [5, 5.41) is 30.3. The van der Waals surface area contributed by atoms with Crippen LogP contribution in [-0.4, -0.2) is 47.8 Å². The standard InChI is InChI=1S/C13H19N3O6S.C11H10N2O/c1-4-6-14(7-5-2)13-11(15(17)18)8-10(23(3,21)22)9-12(13)16(19)20;1-9-5-2-3-6-10(9)14-11-7-4-8-12-13-11/h8-9H,4-7H2,1-3H3;2-8H,1H3. The number of hydrogen-bond acceptors (Lipinski definition) is 10. The maximum atomic E-state index is 11.7. The first kappa shape index (κ1) is 29.1. The van der Waals surface area contributed by atoms with Gasteiger partial charge in [-0.05, 0) is 37.5 Å². The fourth-order valence-corrected chi connectivity index (χ4v) is 4.05. The minimum absolute atomic E-state index is 0.142. The fraction of sp³-hybridized carbons (Fsp3) is 0.333. The van der Waals surface area contributed by atoms with E-state index in [-0.39, 0.29) is 5.69 Å². The molecule has 37 heavy (non-hydrogen) atoms. The van der Waals surface area contributed by atoms with Crippen LogP contribution in [0.3, 0.4) is 0 Å². The highest BCUT2D eigenvalue weighted by Crippen LogP contribution is 2.40. The average Bonchev–Trinajstić information content (AvgIpc) is 2.85. The van der Waals surface area contributed by atoms with E-state index < -0.39 is 36.0 Å². The second-order valence-electron chi connectivity index (χ2n) is 8.01. The third-order valence-corrected chi connectivity index (χ3v) is 6.12. The van der Waals surface area contributed by atoms with Gasteiger partial charge in [0, 0.05) is 43.7 Å². The first-order valence-corrected chi connectivity index (χ1v) is 13.3. The molecule has 0 radical (unpaired) electrons. The number of benzene rings is 2. The van der Waals surface area contributed by atoms with Gasteiger partial charge in [0.2, 0.25) is 5.88 Å². The van der Waals surface area contributed by atoms with Crippen molar-refractivity contribution in [2.75, 3.05) is 24.2 Å². The van der Waals surface area contributed by atoms with Gasteiger partial charge in [0.25, 0.3) is 0 Å². The highest BCUT2D eigenvalue weighted by atomic mass is 32.2. The maximum Gasteiger partial charge on any atom is 0.300 e. The van der Waals surface area contributed by atoms with Gasteiger partial charge in [-0.25, -0.2) is 8.42 Å². The average molecular weight is 532 g/mol. The van der Waals surface area contributed by atoms with Gasteiger partial charge in [0.05, 0.1) is 14.7 Å². The molecule has 0 atom stereocenters. The summed E-state index contributed by atoms with van der Waals surface area (Å²) in [7, 11) is -3.81. The Morgan fingerprint density at radius 3 is 1.95 bits per heavy atom. The molecule has 0 amide bonds. The number of aromatic nitrogens is 2. The van der Waals surface area contributed by atoms with Gasteiger partial charge in [-0.15, -0.1) is 5.10 Å². The van der Waals surface area contributed by atoms with E-state index in [4.69, 9.17) is 4.74 Å². The van der Waals surface area contributed by atoms with Crippen molar-refractivity contribution in [3.05, 3.63) is 80.5 Å². The van der Waals surface area contributed by atoms with Crippen molar-refractivity contribution in [3.8, 4) is 11.6 Å². The van der Waals surface area contributed by atoms with Crippen LogP contribution in [0, 0.1) is 27.2 Å². The third kappa shape index (κ3) is 8.20. The lowest BCUT2D eigenvalue weighted by Crippen LogP contribution is -2.26. The molecule has 0 N–H and O–H groups in total.